The van der Waals surface area contributed by atoms with E-state index in [2.05, 4.69) is 48.4 Å². The summed E-state index contributed by atoms with van der Waals surface area (Å²) in [4.78, 5) is 16.2. The molecule has 4 nitrogen and oxygen atoms in total. The molecule has 1 unspecified atom stereocenters. The van der Waals surface area contributed by atoms with Crippen LogP contribution in [0.1, 0.15) is 43.9 Å². The Hall–Kier alpha value is -1.53. The van der Waals surface area contributed by atoms with Crippen LogP contribution in [0, 0.1) is 5.92 Å². The lowest BCUT2D eigenvalue weighted by molar-refractivity contribution is -0.122. The summed E-state index contributed by atoms with van der Waals surface area (Å²) < 4.78 is 12.2. The molecule has 1 N–H and O–H groups in total. The number of thiazole rings is 1. The SMILES string of the molecule is CC(C)c1ccc(-c2nc(CS(=O)CCNC(=O)C3CC3)cs2)cc1. The number of nitrogens with one attached hydrogen (secondary N) is 1. The molecule has 3 rings (SSSR count). The molecule has 1 fully saturated rings. The van der Waals surface area contributed by atoms with Gasteiger partial charge in [-0.05, 0) is 24.3 Å². The zero-order valence-corrected chi connectivity index (χ0v) is 16.3. The van der Waals surface area contributed by atoms with Gasteiger partial charge in [-0.3, -0.25) is 9.00 Å². The fourth-order valence-electron chi connectivity index (χ4n) is 2.53. The third-order valence-electron chi connectivity index (χ3n) is 4.26. The highest BCUT2D eigenvalue weighted by Gasteiger charge is 2.29. The smallest absolute Gasteiger partial charge is 0.223 e. The zero-order chi connectivity index (χ0) is 17.8. The van der Waals surface area contributed by atoms with Crippen LogP contribution in [0.3, 0.4) is 0 Å². The van der Waals surface area contributed by atoms with Crippen LogP contribution in [0.5, 0.6) is 0 Å². The lowest BCUT2D eigenvalue weighted by Gasteiger charge is -2.05. The number of rotatable bonds is 8. The van der Waals surface area contributed by atoms with E-state index in [-0.39, 0.29) is 11.8 Å². The average molecular weight is 377 g/mol. The van der Waals surface area contributed by atoms with E-state index in [0.717, 1.165) is 29.1 Å². The van der Waals surface area contributed by atoms with Gasteiger partial charge in [0, 0.05) is 40.0 Å². The monoisotopic (exact) mass is 376 g/mol. The molecule has 0 bridgehead atoms. The molecule has 6 heteroatoms. The number of nitrogens with zero attached hydrogens (tertiary/aromatic N) is 1. The fraction of sp³-hybridized carbons (Fsp3) is 0.474. The van der Waals surface area contributed by atoms with Crippen LogP contribution >= 0.6 is 11.3 Å². The molecule has 2 aromatic rings. The third kappa shape index (κ3) is 5.22. The van der Waals surface area contributed by atoms with E-state index in [9.17, 15) is 9.00 Å². The summed E-state index contributed by atoms with van der Waals surface area (Å²) in [6.07, 6.45) is 1.99. The van der Waals surface area contributed by atoms with Gasteiger partial charge in [0.1, 0.15) is 5.01 Å². The van der Waals surface area contributed by atoms with Gasteiger partial charge in [-0.1, -0.05) is 38.1 Å². The summed E-state index contributed by atoms with van der Waals surface area (Å²) in [6.45, 7) is 4.84. The summed E-state index contributed by atoms with van der Waals surface area (Å²) in [6, 6.07) is 8.48. The third-order valence-corrected chi connectivity index (χ3v) is 6.48. The molecule has 134 valence electrons. The first kappa shape index (κ1) is 18.3. The highest BCUT2D eigenvalue weighted by Crippen LogP contribution is 2.28. The highest BCUT2D eigenvalue weighted by molar-refractivity contribution is 7.84. The second-order valence-electron chi connectivity index (χ2n) is 6.77. The Bertz CT molecular complexity index is 749. The maximum Gasteiger partial charge on any atom is 0.223 e. The first-order valence-corrected chi connectivity index (χ1v) is 11.1. The molecule has 1 aromatic heterocycles. The Labute approximate surface area is 155 Å². The lowest BCUT2D eigenvalue weighted by Crippen LogP contribution is -2.29. The van der Waals surface area contributed by atoms with E-state index in [1.807, 2.05) is 5.38 Å². The van der Waals surface area contributed by atoms with Gasteiger partial charge in [0.05, 0.1) is 11.4 Å². The van der Waals surface area contributed by atoms with Crippen LogP contribution < -0.4 is 5.32 Å². The van der Waals surface area contributed by atoms with Gasteiger partial charge in [-0.2, -0.15) is 0 Å². The Balaban J connectivity index is 1.50. The Morgan fingerprint density at radius 1 is 1.32 bits per heavy atom. The Morgan fingerprint density at radius 2 is 2.04 bits per heavy atom. The number of benzene rings is 1. The van der Waals surface area contributed by atoms with Crippen molar-refractivity contribution in [1.82, 2.24) is 10.3 Å². The van der Waals surface area contributed by atoms with E-state index < -0.39 is 10.8 Å². The van der Waals surface area contributed by atoms with Crippen LogP contribution in [-0.4, -0.2) is 27.4 Å². The minimum atomic E-state index is -1.00. The minimum absolute atomic E-state index is 0.109. The molecule has 1 amide bonds. The number of carbonyl (C=O) groups is 1. The van der Waals surface area contributed by atoms with Crippen LogP contribution in [0.4, 0.5) is 0 Å². The van der Waals surface area contributed by atoms with Crippen molar-refractivity contribution in [3.8, 4) is 10.6 Å². The molecule has 1 aliphatic rings. The summed E-state index contributed by atoms with van der Waals surface area (Å²) in [5.41, 5.74) is 3.28. The summed E-state index contributed by atoms with van der Waals surface area (Å²) in [5.74, 6) is 1.76. The molecule has 0 spiro atoms. The van der Waals surface area contributed by atoms with E-state index in [1.165, 1.54) is 5.56 Å². The first-order valence-electron chi connectivity index (χ1n) is 8.70. The topological polar surface area (TPSA) is 59.1 Å². The van der Waals surface area contributed by atoms with Crippen molar-refractivity contribution >= 4 is 28.0 Å². The summed E-state index contributed by atoms with van der Waals surface area (Å²) >= 11 is 1.58. The lowest BCUT2D eigenvalue weighted by atomic mass is 10.0. The largest absolute Gasteiger partial charge is 0.355 e. The van der Waals surface area contributed by atoms with Gasteiger partial charge < -0.3 is 5.32 Å². The second kappa shape index (κ2) is 8.23. The Kier molecular flexibility index (Phi) is 6.02. The van der Waals surface area contributed by atoms with Gasteiger partial charge in [0.2, 0.25) is 5.91 Å². The van der Waals surface area contributed by atoms with Crippen molar-refractivity contribution in [2.75, 3.05) is 12.3 Å². The molecule has 1 aromatic carbocycles. The molecule has 1 saturated carbocycles. The summed E-state index contributed by atoms with van der Waals surface area (Å²) in [5, 5.41) is 5.80. The number of hydrogen-bond acceptors (Lipinski definition) is 4. The number of hydrogen-bond donors (Lipinski definition) is 1. The molecule has 1 aliphatic carbocycles. The van der Waals surface area contributed by atoms with Crippen molar-refractivity contribution in [2.45, 2.75) is 38.4 Å². The van der Waals surface area contributed by atoms with Crippen molar-refractivity contribution in [3.05, 3.63) is 40.9 Å². The van der Waals surface area contributed by atoms with Crippen molar-refractivity contribution in [1.29, 1.82) is 0 Å². The quantitative estimate of drug-likeness (QED) is 0.764. The van der Waals surface area contributed by atoms with Crippen molar-refractivity contribution in [2.24, 2.45) is 5.92 Å². The second-order valence-corrected chi connectivity index (χ2v) is 9.21. The molecule has 0 saturated heterocycles. The summed E-state index contributed by atoms with van der Waals surface area (Å²) in [7, 11) is -1.00. The number of aromatic nitrogens is 1. The van der Waals surface area contributed by atoms with Gasteiger partial charge >= 0.3 is 0 Å². The predicted molar refractivity (Wildman–Crippen MR) is 104 cm³/mol. The standard InChI is InChI=1S/C19H24N2O2S2/c1-13(2)14-3-7-16(8-4-14)19-21-17(11-24-19)12-25(23)10-9-20-18(22)15-5-6-15/h3-4,7-8,11,13,15H,5-6,9-10,12H2,1-2H3,(H,20,22). The number of carbonyl (C=O) groups excluding carboxylic acids is 1. The van der Waals surface area contributed by atoms with Gasteiger partial charge in [-0.25, -0.2) is 4.98 Å². The predicted octanol–water partition coefficient (Wildman–Crippen LogP) is 3.71. The first-order chi connectivity index (χ1) is 12.0. The number of amides is 1. The van der Waals surface area contributed by atoms with E-state index in [1.54, 1.807) is 11.3 Å². The Morgan fingerprint density at radius 3 is 2.68 bits per heavy atom. The molecular formula is C19H24N2O2S2. The fourth-order valence-corrected chi connectivity index (χ4v) is 4.41. The van der Waals surface area contributed by atoms with Crippen LogP contribution in [0.15, 0.2) is 29.6 Å². The zero-order valence-electron chi connectivity index (χ0n) is 14.7. The van der Waals surface area contributed by atoms with E-state index >= 15 is 0 Å². The van der Waals surface area contributed by atoms with Crippen LogP contribution in [0.2, 0.25) is 0 Å². The van der Waals surface area contributed by atoms with E-state index in [0.29, 0.717) is 24.0 Å². The van der Waals surface area contributed by atoms with Crippen molar-refractivity contribution < 1.29 is 9.00 Å². The molecule has 1 atom stereocenters. The van der Waals surface area contributed by atoms with Crippen LogP contribution in [-0.2, 0) is 21.3 Å². The maximum atomic E-state index is 12.2. The molecule has 25 heavy (non-hydrogen) atoms. The molecule has 1 heterocycles. The maximum absolute atomic E-state index is 12.2. The normalized spacial score (nSPS) is 15.3. The van der Waals surface area contributed by atoms with E-state index in [4.69, 9.17) is 0 Å². The molecule has 0 aliphatic heterocycles. The van der Waals surface area contributed by atoms with Gasteiger partial charge in [-0.15, -0.1) is 11.3 Å². The van der Waals surface area contributed by atoms with Gasteiger partial charge in [0.15, 0.2) is 0 Å². The highest BCUT2D eigenvalue weighted by atomic mass is 32.2. The minimum Gasteiger partial charge on any atom is -0.355 e. The average Bonchev–Trinajstić information content (AvgIpc) is 3.35. The molecule has 0 radical (unpaired) electrons. The van der Waals surface area contributed by atoms with Crippen LogP contribution in [0.25, 0.3) is 10.6 Å². The van der Waals surface area contributed by atoms with Gasteiger partial charge in [0.25, 0.3) is 0 Å². The van der Waals surface area contributed by atoms with Crippen molar-refractivity contribution in [3.63, 3.8) is 0 Å². The molecular weight excluding hydrogens is 352 g/mol.